The zero-order valence-electron chi connectivity index (χ0n) is 10.1. The predicted molar refractivity (Wildman–Crippen MR) is 71.2 cm³/mol. The number of thiophene rings is 1. The Morgan fingerprint density at radius 2 is 2.00 bits per heavy atom. The molecule has 1 unspecified atom stereocenters. The Hall–Kier alpha value is -0.0900. The van der Waals surface area contributed by atoms with Crippen LogP contribution in [0.3, 0.4) is 0 Å². The molecule has 16 heavy (non-hydrogen) atoms. The third kappa shape index (κ3) is 2.77. The number of hydrogen-bond donors (Lipinski definition) is 1. The lowest BCUT2D eigenvalue weighted by atomic mass is 9.87. The Balaban J connectivity index is 2.94. The number of nitrogens with two attached hydrogens (primary N) is 1. The standard InChI is InChI=1S/C12H20ClNOS/c1-4-12(5-2,15-6-3)11(14)9-7-8-10(13)16-9/h7-8,11H,4-6,14H2,1-3H3. The summed E-state index contributed by atoms with van der Waals surface area (Å²) in [4.78, 5) is 1.10. The van der Waals surface area contributed by atoms with Gasteiger partial charge in [0.25, 0.3) is 0 Å². The molecule has 1 aromatic rings. The van der Waals surface area contributed by atoms with Crippen molar-refractivity contribution in [3.63, 3.8) is 0 Å². The Kier molecular flexibility index (Phi) is 5.25. The molecule has 2 N–H and O–H groups in total. The van der Waals surface area contributed by atoms with E-state index in [0.717, 1.165) is 22.1 Å². The highest BCUT2D eigenvalue weighted by Crippen LogP contribution is 2.37. The Bertz CT molecular complexity index is 323. The summed E-state index contributed by atoms with van der Waals surface area (Å²) in [5.41, 5.74) is 6.06. The van der Waals surface area contributed by atoms with Crippen molar-refractivity contribution in [3.8, 4) is 0 Å². The molecule has 0 radical (unpaired) electrons. The van der Waals surface area contributed by atoms with Crippen molar-refractivity contribution in [1.82, 2.24) is 0 Å². The van der Waals surface area contributed by atoms with Crippen LogP contribution in [0, 0.1) is 0 Å². The van der Waals surface area contributed by atoms with Crippen molar-refractivity contribution < 1.29 is 4.74 Å². The van der Waals surface area contributed by atoms with Gasteiger partial charge in [0, 0.05) is 11.5 Å². The summed E-state index contributed by atoms with van der Waals surface area (Å²) in [6.07, 6.45) is 1.82. The van der Waals surface area contributed by atoms with E-state index in [-0.39, 0.29) is 11.6 Å². The zero-order valence-corrected chi connectivity index (χ0v) is 11.7. The summed E-state index contributed by atoms with van der Waals surface area (Å²) in [5.74, 6) is 0. The van der Waals surface area contributed by atoms with E-state index in [9.17, 15) is 0 Å². The molecule has 4 heteroatoms. The van der Waals surface area contributed by atoms with Crippen LogP contribution in [-0.4, -0.2) is 12.2 Å². The van der Waals surface area contributed by atoms with Gasteiger partial charge in [0.1, 0.15) is 0 Å². The maximum Gasteiger partial charge on any atom is 0.0931 e. The first-order valence-corrected chi connectivity index (χ1v) is 6.93. The first-order valence-electron chi connectivity index (χ1n) is 5.74. The van der Waals surface area contributed by atoms with E-state index in [1.807, 2.05) is 19.1 Å². The van der Waals surface area contributed by atoms with Crippen LogP contribution in [0.4, 0.5) is 0 Å². The predicted octanol–water partition coefficient (Wildman–Crippen LogP) is 4.00. The summed E-state index contributed by atoms with van der Waals surface area (Å²) in [7, 11) is 0. The van der Waals surface area contributed by atoms with E-state index >= 15 is 0 Å². The van der Waals surface area contributed by atoms with Crippen LogP contribution in [0.5, 0.6) is 0 Å². The van der Waals surface area contributed by atoms with Gasteiger partial charge >= 0.3 is 0 Å². The van der Waals surface area contributed by atoms with Crippen molar-refractivity contribution in [2.45, 2.75) is 45.3 Å². The second-order valence-electron chi connectivity index (χ2n) is 3.82. The normalized spacial score (nSPS) is 14.1. The van der Waals surface area contributed by atoms with Crippen molar-refractivity contribution in [1.29, 1.82) is 0 Å². The molecule has 0 aromatic carbocycles. The monoisotopic (exact) mass is 261 g/mol. The third-order valence-electron chi connectivity index (χ3n) is 3.10. The van der Waals surface area contributed by atoms with Crippen LogP contribution < -0.4 is 5.73 Å². The van der Waals surface area contributed by atoms with Gasteiger partial charge in [-0.3, -0.25) is 0 Å². The zero-order chi connectivity index (χ0) is 12.2. The summed E-state index contributed by atoms with van der Waals surface area (Å²) >= 11 is 7.48. The van der Waals surface area contributed by atoms with E-state index in [0.29, 0.717) is 6.61 Å². The second kappa shape index (κ2) is 6.01. The Morgan fingerprint density at radius 1 is 1.38 bits per heavy atom. The van der Waals surface area contributed by atoms with Crippen LogP contribution >= 0.6 is 22.9 Å². The van der Waals surface area contributed by atoms with Crippen LogP contribution in [0.2, 0.25) is 4.34 Å². The average Bonchev–Trinajstić information content (AvgIpc) is 2.72. The Labute approximate surface area is 107 Å². The summed E-state index contributed by atoms with van der Waals surface area (Å²) < 4.78 is 6.67. The fourth-order valence-corrected chi connectivity index (χ4v) is 3.20. The van der Waals surface area contributed by atoms with Gasteiger partial charge in [0.15, 0.2) is 0 Å². The lowest BCUT2D eigenvalue weighted by Gasteiger charge is -2.36. The van der Waals surface area contributed by atoms with Gasteiger partial charge in [-0.25, -0.2) is 0 Å². The molecule has 1 rings (SSSR count). The molecule has 0 saturated carbocycles. The van der Waals surface area contributed by atoms with Gasteiger partial charge in [0.05, 0.1) is 16.0 Å². The number of hydrogen-bond acceptors (Lipinski definition) is 3. The third-order valence-corrected chi connectivity index (χ3v) is 4.41. The molecule has 0 aliphatic rings. The number of halogens is 1. The quantitative estimate of drug-likeness (QED) is 0.840. The molecule has 0 saturated heterocycles. The van der Waals surface area contributed by atoms with Gasteiger partial charge < -0.3 is 10.5 Å². The van der Waals surface area contributed by atoms with E-state index < -0.39 is 0 Å². The molecule has 92 valence electrons. The van der Waals surface area contributed by atoms with Crippen LogP contribution in [0.25, 0.3) is 0 Å². The molecule has 1 aromatic heterocycles. The fourth-order valence-electron chi connectivity index (χ4n) is 2.03. The highest BCUT2D eigenvalue weighted by Gasteiger charge is 2.35. The molecular formula is C12H20ClNOS. The maximum absolute atomic E-state index is 6.32. The molecule has 2 nitrogen and oxygen atoms in total. The topological polar surface area (TPSA) is 35.2 Å². The summed E-state index contributed by atoms with van der Waals surface area (Å²) in [6, 6.07) is 3.79. The van der Waals surface area contributed by atoms with Gasteiger partial charge in [-0.2, -0.15) is 0 Å². The number of ether oxygens (including phenoxy) is 1. The van der Waals surface area contributed by atoms with Crippen molar-refractivity contribution in [3.05, 3.63) is 21.3 Å². The maximum atomic E-state index is 6.32. The van der Waals surface area contributed by atoms with E-state index in [2.05, 4.69) is 13.8 Å². The van der Waals surface area contributed by atoms with E-state index in [1.54, 1.807) is 0 Å². The molecule has 0 aliphatic heterocycles. The highest BCUT2D eigenvalue weighted by molar-refractivity contribution is 7.16. The minimum absolute atomic E-state index is 0.0973. The molecule has 1 atom stereocenters. The number of rotatable bonds is 6. The molecule has 0 amide bonds. The molecule has 0 fully saturated rings. The average molecular weight is 262 g/mol. The molecule has 1 heterocycles. The van der Waals surface area contributed by atoms with Gasteiger partial charge in [-0.1, -0.05) is 25.4 Å². The second-order valence-corrected chi connectivity index (χ2v) is 5.57. The lowest BCUT2D eigenvalue weighted by molar-refractivity contribution is -0.0638. The van der Waals surface area contributed by atoms with Gasteiger partial charge in [-0.15, -0.1) is 11.3 Å². The summed E-state index contributed by atoms with van der Waals surface area (Å²) in [5, 5.41) is 0. The fraction of sp³-hybridized carbons (Fsp3) is 0.667. The van der Waals surface area contributed by atoms with E-state index in [1.165, 1.54) is 11.3 Å². The van der Waals surface area contributed by atoms with E-state index in [4.69, 9.17) is 22.1 Å². The smallest absolute Gasteiger partial charge is 0.0931 e. The SMILES string of the molecule is CCOC(CC)(CC)C(N)c1ccc(Cl)s1. The minimum Gasteiger partial charge on any atom is -0.373 e. The van der Waals surface area contributed by atoms with Crippen molar-refractivity contribution >= 4 is 22.9 Å². The largest absolute Gasteiger partial charge is 0.373 e. The van der Waals surface area contributed by atoms with Crippen molar-refractivity contribution in [2.75, 3.05) is 6.61 Å². The minimum atomic E-state index is -0.261. The molecule has 0 aliphatic carbocycles. The highest BCUT2D eigenvalue weighted by atomic mass is 35.5. The Morgan fingerprint density at radius 3 is 2.38 bits per heavy atom. The van der Waals surface area contributed by atoms with Crippen LogP contribution in [0.15, 0.2) is 12.1 Å². The van der Waals surface area contributed by atoms with Crippen LogP contribution in [-0.2, 0) is 4.74 Å². The van der Waals surface area contributed by atoms with Gasteiger partial charge in [-0.05, 0) is 31.9 Å². The molecular weight excluding hydrogens is 242 g/mol. The summed E-state index contributed by atoms with van der Waals surface area (Å²) in [6.45, 7) is 6.94. The molecule has 0 spiro atoms. The van der Waals surface area contributed by atoms with Crippen LogP contribution in [0.1, 0.15) is 44.5 Å². The van der Waals surface area contributed by atoms with Gasteiger partial charge in [0.2, 0.25) is 0 Å². The first kappa shape index (κ1) is 14.0. The first-order chi connectivity index (χ1) is 7.59. The van der Waals surface area contributed by atoms with Crippen molar-refractivity contribution in [2.24, 2.45) is 5.73 Å². The lowest BCUT2D eigenvalue weighted by Crippen LogP contribution is -2.42. The molecule has 0 bridgehead atoms.